The van der Waals surface area contributed by atoms with Gasteiger partial charge in [0.15, 0.2) is 0 Å². The molecule has 0 bridgehead atoms. The van der Waals surface area contributed by atoms with Crippen molar-refractivity contribution in [3.63, 3.8) is 0 Å². The molecule has 1 fully saturated rings. The summed E-state index contributed by atoms with van der Waals surface area (Å²) in [4.78, 5) is 32.9. The average Bonchev–Trinajstić information content (AvgIpc) is 2.98. The summed E-state index contributed by atoms with van der Waals surface area (Å²) in [5, 5.41) is 13.6. The lowest BCUT2D eigenvalue weighted by Gasteiger charge is -2.08. The van der Waals surface area contributed by atoms with Crippen LogP contribution in [0, 0.1) is 0 Å². The van der Waals surface area contributed by atoms with Crippen molar-refractivity contribution in [2.75, 3.05) is 0 Å². The molecule has 0 aromatic carbocycles. The molecule has 2 amide bonds. The number of amides is 2. The quantitative estimate of drug-likeness (QED) is 0.578. The van der Waals surface area contributed by atoms with Crippen LogP contribution in [0.4, 0.5) is 0 Å². The maximum absolute atomic E-state index is 11.2. The largest absolute Gasteiger partial charge is 0.480 e. The van der Waals surface area contributed by atoms with E-state index in [1.165, 1.54) is 6.92 Å². The van der Waals surface area contributed by atoms with Crippen molar-refractivity contribution >= 4 is 17.8 Å². The summed E-state index contributed by atoms with van der Waals surface area (Å²) in [7, 11) is 0. The van der Waals surface area contributed by atoms with Gasteiger partial charge in [-0.15, -0.1) is 0 Å². The van der Waals surface area contributed by atoms with Crippen molar-refractivity contribution in [2.24, 2.45) is 0 Å². The molecule has 1 aliphatic rings. The van der Waals surface area contributed by atoms with E-state index in [2.05, 4.69) is 10.6 Å². The van der Waals surface area contributed by atoms with E-state index < -0.39 is 17.9 Å². The molecule has 0 aromatic rings. The summed E-state index contributed by atoms with van der Waals surface area (Å²) >= 11 is 0. The Balaban J connectivity index is 2.13. The number of nitrogens with one attached hydrogen (secondary N) is 2. The van der Waals surface area contributed by atoms with Crippen molar-refractivity contribution < 1.29 is 19.5 Å². The number of rotatable bonds is 6. The van der Waals surface area contributed by atoms with Crippen molar-refractivity contribution in [1.82, 2.24) is 10.6 Å². The van der Waals surface area contributed by atoms with Crippen molar-refractivity contribution in [1.29, 1.82) is 0 Å². The topological polar surface area (TPSA) is 95.5 Å². The highest BCUT2D eigenvalue weighted by molar-refractivity contribution is 5.86. The monoisotopic (exact) mass is 228 g/mol. The van der Waals surface area contributed by atoms with Crippen LogP contribution in [0.15, 0.2) is 0 Å². The minimum atomic E-state index is -1.09. The van der Waals surface area contributed by atoms with Gasteiger partial charge in [0, 0.05) is 18.9 Å². The number of aliphatic carboxylic acids is 1. The smallest absolute Gasteiger partial charge is 0.325 e. The first-order chi connectivity index (χ1) is 7.49. The fourth-order valence-electron chi connectivity index (χ4n) is 1.13. The third-order valence-electron chi connectivity index (χ3n) is 2.27. The second-order valence-corrected chi connectivity index (χ2v) is 3.97. The van der Waals surface area contributed by atoms with E-state index >= 15 is 0 Å². The molecule has 1 saturated carbocycles. The molecule has 0 heterocycles. The van der Waals surface area contributed by atoms with Crippen molar-refractivity contribution in [2.45, 2.75) is 44.7 Å². The Morgan fingerprint density at radius 2 is 1.81 bits per heavy atom. The lowest BCUT2D eigenvalue weighted by atomic mass is 10.2. The van der Waals surface area contributed by atoms with Crippen LogP contribution in [0.25, 0.3) is 0 Å². The predicted molar refractivity (Wildman–Crippen MR) is 55.6 cm³/mol. The van der Waals surface area contributed by atoms with Gasteiger partial charge < -0.3 is 15.7 Å². The summed E-state index contributed by atoms with van der Waals surface area (Å²) < 4.78 is 0. The molecule has 1 atom stereocenters. The molecule has 16 heavy (non-hydrogen) atoms. The molecule has 0 radical (unpaired) electrons. The standard InChI is InChI=1S/C10H16N2O4/c1-6(10(15)16)11-8(13)4-5-9(14)12-7-2-3-7/h6-7H,2-5H2,1H3,(H,11,13)(H,12,14)(H,15,16). The maximum Gasteiger partial charge on any atom is 0.325 e. The van der Waals surface area contributed by atoms with Crippen molar-refractivity contribution in [3.05, 3.63) is 0 Å². The van der Waals surface area contributed by atoms with E-state index in [0.29, 0.717) is 0 Å². The molecule has 0 spiro atoms. The molecule has 1 unspecified atom stereocenters. The van der Waals surface area contributed by atoms with Crippen LogP contribution in [-0.4, -0.2) is 35.0 Å². The Labute approximate surface area is 93.4 Å². The Morgan fingerprint density at radius 3 is 2.31 bits per heavy atom. The number of hydrogen-bond donors (Lipinski definition) is 3. The number of carbonyl (C=O) groups is 3. The zero-order valence-corrected chi connectivity index (χ0v) is 9.16. The Hall–Kier alpha value is -1.59. The number of carbonyl (C=O) groups excluding carboxylic acids is 2. The number of carboxylic acids is 1. The molecule has 0 aromatic heterocycles. The zero-order valence-electron chi connectivity index (χ0n) is 9.16. The Kier molecular flexibility index (Phi) is 4.28. The highest BCUT2D eigenvalue weighted by atomic mass is 16.4. The van der Waals surface area contributed by atoms with Gasteiger partial charge in [0.1, 0.15) is 6.04 Å². The predicted octanol–water partition coefficient (Wildman–Crippen LogP) is -0.365. The van der Waals surface area contributed by atoms with Gasteiger partial charge in [-0.25, -0.2) is 0 Å². The highest BCUT2D eigenvalue weighted by Crippen LogP contribution is 2.18. The van der Waals surface area contributed by atoms with E-state index in [-0.39, 0.29) is 24.8 Å². The summed E-state index contributed by atoms with van der Waals surface area (Å²) in [5.74, 6) is -1.66. The van der Waals surface area contributed by atoms with E-state index in [9.17, 15) is 14.4 Å². The van der Waals surface area contributed by atoms with Gasteiger partial charge in [-0.05, 0) is 19.8 Å². The molecule has 0 aliphatic heterocycles. The van der Waals surface area contributed by atoms with Gasteiger partial charge in [0.25, 0.3) is 0 Å². The first-order valence-electron chi connectivity index (χ1n) is 5.30. The molecule has 0 saturated heterocycles. The molecule has 6 nitrogen and oxygen atoms in total. The lowest BCUT2D eigenvalue weighted by Crippen LogP contribution is -2.38. The SMILES string of the molecule is CC(NC(=O)CCC(=O)NC1CC1)C(=O)O. The Morgan fingerprint density at radius 1 is 1.25 bits per heavy atom. The first kappa shape index (κ1) is 12.5. The summed E-state index contributed by atoms with van der Waals surface area (Å²) in [6.07, 6.45) is 2.15. The first-order valence-corrected chi connectivity index (χ1v) is 5.30. The number of hydrogen-bond acceptors (Lipinski definition) is 3. The normalized spacial score (nSPS) is 16.3. The van der Waals surface area contributed by atoms with E-state index in [1.807, 2.05) is 0 Å². The fourth-order valence-corrected chi connectivity index (χ4v) is 1.13. The van der Waals surface area contributed by atoms with E-state index in [0.717, 1.165) is 12.8 Å². The molecule has 90 valence electrons. The van der Waals surface area contributed by atoms with Crippen LogP contribution >= 0.6 is 0 Å². The maximum atomic E-state index is 11.2. The van der Waals surface area contributed by atoms with Gasteiger partial charge >= 0.3 is 5.97 Å². The van der Waals surface area contributed by atoms with Gasteiger partial charge in [0.05, 0.1) is 0 Å². The average molecular weight is 228 g/mol. The van der Waals surface area contributed by atoms with Crippen LogP contribution in [0.5, 0.6) is 0 Å². The van der Waals surface area contributed by atoms with Crippen LogP contribution in [0.3, 0.4) is 0 Å². The van der Waals surface area contributed by atoms with Crippen LogP contribution in [-0.2, 0) is 14.4 Å². The molecular weight excluding hydrogens is 212 g/mol. The summed E-state index contributed by atoms with van der Waals surface area (Å²) in [6, 6.07) is -0.632. The second-order valence-electron chi connectivity index (χ2n) is 3.97. The van der Waals surface area contributed by atoms with Crippen LogP contribution in [0.1, 0.15) is 32.6 Å². The minimum Gasteiger partial charge on any atom is -0.480 e. The summed E-state index contributed by atoms with van der Waals surface area (Å²) in [5.41, 5.74) is 0. The molecule has 3 N–H and O–H groups in total. The molecule has 1 rings (SSSR count). The molecule has 6 heteroatoms. The Bertz CT molecular complexity index is 299. The number of carboxylic acid groups (broad SMARTS) is 1. The van der Waals surface area contributed by atoms with Crippen LogP contribution < -0.4 is 10.6 Å². The third kappa shape index (κ3) is 4.77. The van der Waals surface area contributed by atoms with E-state index in [4.69, 9.17) is 5.11 Å². The van der Waals surface area contributed by atoms with Crippen molar-refractivity contribution in [3.8, 4) is 0 Å². The van der Waals surface area contributed by atoms with Gasteiger partial charge in [0.2, 0.25) is 11.8 Å². The second kappa shape index (κ2) is 5.48. The van der Waals surface area contributed by atoms with Gasteiger partial charge in [-0.1, -0.05) is 0 Å². The highest BCUT2D eigenvalue weighted by Gasteiger charge is 2.23. The molecular formula is C10H16N2O4. The third-order valence-corrected chi connectivity index (χ3v) is 2.27. The molecule has 1 aliphatic carbocycles. The minimum absolute atomic E-state index is 0.0240. The lowest BCUT2D eigenvalue weighted by molar-refractivity contribution is -0.141. The van der Waals surface area contributed by atoms with Gasteiger partial charge in [-0.3, -0.25) is 14.4 Å². The van der Waals surface area contributed by atoms with E-state index in [1.54, 1.807) is 0 Å². The van der Waals surface area contributed by atoms with Gasteiger partial charge in [-0.2, -0.15) is 0 Å². The van der Waals surface area contributed by atoms with Crippen LogP contribution in [0.2, 0.25) is 0 Å². The fraction of sp³-hybridized carbons (Fsp3) is 0.700. The zero-order chi connectivity index (χ0) is 12.1. The summed E-state index contributed by atoms with van der Waals surface area (Å²) in [6.45, 7) is 1.38.